The van der Waals surface area contributed by atoms with Crippen molar-refractivity contribution in [2.75, 3.05) is 19.6 Å². The molecular weight excluding hydrogens is 328 g/mol. The average Bonchev–Trinajstić information content (AvgIpc) is 2.80. The van der Waals surface area contributed by atoms with Gasteiger partial charge in [-0.3, -0.25) is 0 Å². The van der Waals surface area contributed by atoms with Crippen LogP contribution in [-0.4, -0.2) is 38.7 Å². The third-order valence-electron chi connectivity index (χ3n) is 4.01. The molecule has 19 heavy (non-hydrogen) atoms. The lowest BCUT2D eigenvalue weighted by molar-refractivity contribution is -0.936. The van der Waals surface area contributed by atoms with Crippen LogP contribution < -0.4 is 17.0 Å². The van der Waals surface area contributed by atoms with Gasteiger partial charge in [0.05, 0.1) is 19.6 Å². The van der Waals surface area contributed by atoms with Gasteiger partial charge in [0.2, 0.25) is 0 Å². The molecule has 2 rings (SSSR count). The molecule has 0 spiro atoms. The molecule has 0 atom stereocenters. The van der Waals surface area contributed by atoms with E-state index in [0.717, 1.165) is 36.2 Å². The molecule has 0 aromatic carbocycles. The van der Waals surface area contributed by atoms with E-state index in [4.69, 9.17) is 11.6 Å². The third kappa shape index (κ3) is 3.09. The van der Waals surface area contributed by atoms with E-state index >= 15 is 0 Å². The molecule has 6 heteroatoms. The van der Waals surface area contributed by atoms with Gasteiger partial charge in [-0.25, -0.2) is 9.50 Å². The Hall–Kier alpha value is -0.650. The molecule has 2 aromatic heterocycles. The minimum absolute atomic E-state index is 0. The number of hydrogen-bond donors (Lipinski definition) is 0. The van der Waals surface area contributed by atoms with Gasteiger partial charge in [-0.15, -0.1) is 0 Å². The van der Waals surface area contributed by atoms with Crippen LogP contribution in [0.15, 0.2) is 18.6 Å². The molecule has 0 N–H and O–H groups in total. The lowest BCUT2D eigenvalue weighted by Gasteiger charge is -2.35. The van der Waals surface area contributed by atoms with Crippen molar-refractivity contribution in [2.24, 2.45) is 0 Å². The minimum atomic E-state index is 0. The molecule has 106 valence electrons. The Morgan fingerprint density at radius 1 is 1.21 bits per heavy atom. The van der Waals surface area contributed by atoms with Gasteiger partial charge in [0.1, 0.15) is 18.4 Å². The van der Waals surface area contributed by atoms with Crippen molar-refractivity contribution in [3.63, 3.8) is 0 Å². The Bertz CT molecular complexity index is 528. The third-order valence-corrected chi connectivity index (χ3v) is 4.29. The van der Waals surface area contributed by atoms with Crippen molar-refractivity contribution in [3.8, 4) is 0 Å². The second-order valence-electron chi connectivity index (χ2n) is 4.63. The molecule has 0 radical (unpaired) electrons. The minimum Gasteiger partial charge on any atom is -1.00 e. The van der Waals surface area contributed by atoms with Gasteiger partial charge in [-0.1, -0.05) is 11.6 Å². The van der Waals surface area contributed by atoms with Crippen LogP contribution >= 0.6 is 11.6 Å². The molecule has 0 aliphatic heterocycles. The fourth-order valence-corrected chi connectivity index (χ4v) is 2.72. The highest BCUT2D eigenvalue weighted by Gasteiger charge is 2.23. The molecule has 0 aliphatic carbocycles. The van der Waals surface area contributed by atoms with Crippen molar-refractivity contribution in [1.82, 2.24) is 14.6 Å². The first-order valence-electron chi connectivity index (χ1n) is 6.47. The van der Waals surface area contributed by atoms with Crippen LogP contribution in [0.3, 0.4) is 0 Å². The smallest absolute Gasteiger partial charge is 0.157 e. The molecule has 0 amide bonds. The first kappa shape index (κ1) is 16.4. The monoisotopic (exact) mass is 346 g/mol. The van der Waals surface area contributed by atoms with Gasteiger partial charge in [0, 0.05) is 11.8 Å². The molecule has 4 nitrogen and oxygen atoms in total. The molecular formula is C13H20BrClN4. The highest BCUT2D eigenvalue weighted by atomic mass is 79.9. The van der Waals surface area contributed by atoms with Gasteiger partial charge in [0.25, 0.3) is 0 Å². The zero-order valence-corrected chi connectivity index (χ0v) is 13.9. The second kappa shape index (κ2) is 6.68. The van der Waals surface area contributed by atoms with Crippen molar-refractivity contribution in [2.45, 2.75) is 27.3 Å². The molecule has 0 saturated heterocycles. The molecule has 2 aromatic rings. The summed E-state index contributed by atoms with van der Waals surface area (Å²) in [6.07, 6.45) is 3.44. The van der Waals surface area contributed by atoms with E-state index in [1.807, 2.05) is 6.20 Å². The summed E-state index contributed by atoms with van der Waals surface area (Å²) >= 11 is 6.18. The van der Waals surface area contributed by atoms with E-state index in [1.165, 1.54) is 11.9 Å². The van der Waals surface area contributed by atoms with Crippen molar-refractivity contribution < 1.29 is 21.5 Å². The summed E-state index contributed by atoms with van der Waals surface area (Å²) in [7, 11) is 0. The number of nitrogens with zero attached hydrogens (tertiary/aromatic N) is 4. The van der Waals surface area contributed by atoms with Crippen LogP contribution in [0.1, 0.15) is 26.3 Å². The van der Waals surface area contributed by atoms with Gasteiger partial charge in [-0.2, -0.15) is 5.10 Å². The standard InChI is InChI=1S/C13H20ClN4.BrH/c1-4-18(5-2,6-3)9-11-7-8-17-12(11)13(14)15-10-16-17;/h7-8,10H,4-6,9H2,1-3H3;1H/q+1;/p-1. The van der Waals surface area contributed by atoms with E-state index < -0.39 is 0 Å². The molecule has 0 saturated carbocycles. The number of halogens is 2. The summed E-state index contributed by atoms with van der Waals surface area (Å²) in [4.78, 5) is 4.07. The first-order chi connectivity index (χ1) is 8.65. The van der Waals surface area contributed by atoms with Crippen LogP contribution in [0, 0.1) is 0 Å². The lowest BCUT2D eigenvalue weighted by atomic mass is 10.2. The maximum Gasteiger partial charge on any atom is 0.157 e. The fraction of sp³-hybridized carbons (Fsp3) is 0.538. The van der Waals surface area contributed by atoms with Crippen LogP contribution in [0.5, 0.6) is 0 Å². The van der Waals surface area contributed by atoms with Gasteiger partial charge >= 0.3 is 0 Å². The Balaban J connectivity index is 0.00000180. The van der Waals surface area contributed by atoms with Crippen molar-refractivity contribution in [1.29, 1.82) is 0 Å². The molecule has 0 fully saturated rings. The SMILES string of the molecule is CC[N+](CC)(CC)Cc1ccn2ncnc(Cl)c12.[Br-]. The van der Waals surface area contributed by atoms with E-state index in [9.17, 15) is 0 Å². The quantitative estimate of drug-likeness (QED) is 0.699. The molecule has 0 aliphatic rings. The maximum atomic E-state index is 6.18. The van der Waals surface area contributed by atoms with Gasteiger partial charge in [-0.05, 0) is 26.8 Å². The fourth-order valence-electron chi connectivity index (χ4n) is 2.47. The average molecular weight is 348 g/mol. The highest BCUT2D eigenvalue weighted by Crippen LogP contribution is 2.23. The maximum absolute atomic E-state index is 6.18. The first-order valence-corrected chi connectivity index (χ1v) is 6.85. The highest BCUT2D eigenvalue weighted by molar-refractivity contribution is 6.32. The number of rotatable bonds is 5. The summed E-state index contributed by atoms with van der Waals surface area (Å²) in [5, 5.41) is 4.72. The summed E-state index contributed by atoms with van der Waals surface area (Å²) < 4.78 is 2.87. The summed E-state index contributed by atoms with van der Waals surface area (Å²) in [6, 6.07) is 2.10. The summed E-state index contributed by atoms with van der Waals surface area (Å²) in [6.45, 7) is 11.1. The van der Waals surface area contributed by atoms with Crippen LogP contribution in [0.25, 0.3) is 5.52 Å². The van der Waals surface area contributed by atoms with Crippen molar-refractivity contribution >= 4 is 17.1 Å². The van der Waals surface area contributed by atoms with E-state index in [1.54, 1.807) is 4.52 Å². The Kier molecular flexibility index (Phi) is 5.77. The van der Waals surface area contributed by atoms with Crippen LogP contribution in [0.2, 0.25) is 5.15 Å². The zero-order chi connectivity index (χ0) is 13.2. The predicted octanol–water partition coefficient (Wildman–Crippen LogP) is -0.237. The van der Waals surface area contributed by atoms with Crippen molar-refractivity contribution in [3.05, 3.63) is 29.3 Å². The molecule has 2 heterocycles. The largest absolute Gasteiger partial charge is 1.00 e. The lowest BCUT2D eigenvalue weighted by Crippen LogP contribution is -3.00. The Morgan fingerprint density at radius 3 is 2.42 bits per heavy atom. The number of aromatic nitrogens is 3. The molecule has 0 unspecified atom stereocenters. The normalized spacial score (nSPS) is 11.6. The van der Waals surface area contributed by atoms with E-state index in [2.05, 4.69) is 36.9 Å². The predicted molar refractivity (Wildman–Crippen MR) is 73.6 cm³/mol. The van der Waals surface area contributed by atoms with Gasteiger partial charge in [0.15, 0.2) is 5.15 Å². The summed E-state index contributed by atoms with van der Waals surface area (Å²) in [5.74, 6) is 0. The number of hydrogen-bond acceptors (Lipinski definition) is 2. The van der Waals surface area contributed by atoms with E-state index in [0.29, 0.717) is 5.15 Å². The molecule has 0 bridgehead atoms. The summed E-state index contributed by atoms with van der Waals surface area (Å²) in [5.41, 5.74) is 2.17. The Morgan fingerprint density at radius 2 is 1.84 bits per heavy atom. The van der Waals surface area contributed by atoms with Crippen LogP contribution in [0.4, 0.5) is 0 Å². The Labute approximate surface area is 129 Å². The number of fused-ring (bicyclic) bond motifs is 1. The topological polar surface area (TPSA) is 30.2 Å². The van der Waals surface area contributed by atoms with Crippen LogP contribution in [-0.2, 0) is 6.54 Å². The van der Waals surface area contributed by atoms with E-state index in [-0.39, 0.29) is 17.0 Å². The number of quaternary nitrogens is 1. The van der Waals surface area contributed by atoms with Gasteiger partial charge < -0.3 is 21.5 Å². The second-order valence-corrected chi connectivity index (χ2v) is 4.99. The zero-order valence-electron chi connectivity index (χ0n) is 11.6.